The number of rotatable bonds is 8. The average Bonchev–Trinajstić information content (AvgIpc) is 2.68. The molecule has 0 saturated heterocycles. The number of sulfone groups is 1. The summed E-state index contributed by atoms with van der Waals surface area (Å²) < 4.78 is 23.9. The molecular formula is C23H28N2O4S. The Balaban J connectivity index is 2.19. The van der Waals surface area contributed by atoms with Crippen LogP contribution in [-0.2, 0) is 9.84 Å². The van der Waals surface area contributed by atoms with Gasteiger partial charge in [-0.15, -0.1) is 0 Å². The monoisotopic (exact) mass is 428 g/mol. The van der Waals surface area contributed by atoms with Crippen LogP contribution in [0.5, 0.6) is 0 Å². The molecule has 0 amide bonds. The number of aromatic amines is 1. The normalized spacial score (nSPS) is 15.1. The molecule has 0 fully saturated rings. The minimum Gasteiger partial charge on any atom is -0.389 e. The molecule has 3 rings (SSSR count). The van der Waals surface area contributed by atoms with E-state index in [-0.39, 0.29) is 10.5 Å². The molecule has 0 spiro atoms. The Morgan fingerprint density at radius 1 is 1.13 bits per heavy atom. The lowest BCUT2D eigenvalue weighted by molar-refractivity contribution is 0.0341. The Morgan fingerprint density at radius 2 is 1.83 bits per heavy atom. The first kappa shape index (κ1) is 22.2. The molecule has 2 aromatic carbocycles. The molecule has 2 atom stereocenters. The lowest BCUT2D eigenvalue weighted by Crippen LogP contribution is -2.39. The highest BCUT2D eigenvalue weighted by atomic mass is 32.2. The van der Waals surface area contributed by atoms with Gasteiger partial charge in [0, 0.05) is 23.3 Å². The van der Waals surface area contributed by atoms with Crippen molar-refractivity contribution in [2.24, 2.45) is 0 Å². The fraction of sp³-hybridized carbons (Fsp3) is 0.348. The maximum atomic E-state index is 13.0. The van der Waals surface area contributed by atoms with Crippen molar-refractivity contribution >= 4 is 20.7 Å². The van der Waals surface area contributed by atoms with Crippen molar-refractivity contribution in [2.75, 3.05) is 19.3 Å². The van der Waals surface area contributed by atoms with Gasteiger partial charge >= 0.3 is 0 Å². The largest absolute Gasteiger partial charge is 0.389 e. The van der Waals surface area contributed by atoms with Crippen molar-refractivity contribution in [1.82, 2.24) is 10.3 Å². The summed E-state index contributed by atoms with van der Waals surface area (Å²) in [5, 5.41) is 15.2. The first-order valence-corrected chi connectivity index (χ1v) is 11.9. The summed E-state index contributed by atoms with van der Waals surface area (Å²) in [5.74, 6) is -0.576. The topological polar surface area (TPSA) is 99.3 Å². The molecule has 1 heterocycles. The molecule has 1 aromatic heterocycles. The maximum absolute atomic E-state index is 13.0. The average molecular weight is 429 g/mol. The van der Waals surface area contributed by atoms with Crippen LogP contribution >= 0.6 is 0 Å². The van der Waals surface area contributed by atoms with Crippen LogP contribution < -0.4 is 10.9 Å². The molecular weight excluding hydrogens is 400 g/mol. The van der Waals surface area contributed by atoms with Gasteiger partial charge in [-0.25, -0.2) is 8.42 Å². The molecule has 0 aliphatic rings. The zero-order chi connectivity index (χ0) is 21.9. The standard InChI is InChI=1S/C23H28N2O4S/c1-4-24-13-12-23(2,27)21(16-8-6-5-7-9-16)19-15-17-14-18(30(3,28)29)10-11-20(17)25-22(19)26/h5-11,14-15,21,24,27H,4,12-13H2,1-3H3,(H,25,26). The number of nitrogens with one attached hydrogen (secondary N) is 2. The predicted octanol–water partition coefficient (Wildman–Crippen LogP) is 2.81. The van der Waals surface area contributed by atoms with Gasteiger partial charge < -0.3 is 15.4 Å². The van der Waals surface area contributed by atoms with Crippen molar-refractivity contribution in [3.8, 4) is 0 Å². The van der Waals surface area contributed by atoms with Crippen LogP contribution in [0.3, 0.4) is 0 Å². The molecule has 0 bridgehead atoms. The Morgan fingerprint density at radius 3 is 2.47 bits per heavy atom. The van der Waals surface area contributed by atoms with E-state index in [1.165, 1.54) is 6.07 Å². The van der Waals surface area contributed by atoms with Crippen LogP contribution in [0.1, 0.15) is 37.3 Å². The molecule has 0 aliphatic carbocycles. The lowest BCUT2D eigenvalue weighted by atomic mass is 9.76. The zero-order valence-corrected chi connectivity index (χ0v) is 18.3. The minimum atomic E-state index is -3.38. The van der Waals surface area contributed by atoms with Gasteiger partial charge in [0.25, 0.3) is 5.56 Å². The van der Waals surface area contributed by atoms with Crippen molar-refractivity contribution < 1.29 is 13.5 Å². The number of benzene rings is 2. The molecule has 30 heavy (non-hydrogen) atoms. The van der Waals surface area contributed by atoms with Crippen molar-refractivity contribution in [3.63, 3.8) is 0 Å². The van der Waals surface area contributed by atoms with Crippen LogP contribution in [0.4, 0.5) is 0 Å². The van der Waals surface area contributed by atoms with E-state index in [1.807, 2.05) is 37.3 Å². The van der Waals surface area contributed by atoms with Crippen LogP contribution in [0, 0.1) is 0 Å². The quantitative estimate of drug-likeness (QED) is 0.479. The smallest absolute Gasteiger partial charge is 0.252 e. The predicted molar refractivity (Wildman–Crippen MR) is 120 cm³/mol. The first-order valence-electron chi connectivity index (χ1n) is 9.98. The van der Waals surface area contributed by atoms with Gasteiger partial charge in [-0.3, -0.25) is 4.79 Å². The maximum Gasteiger partial charge on any atom is 0.252 e. The summed E-state index contributed by atoms with van der Waals surface area (Å²) in [6, 6.07) is 15.7. The highest BCUT2D eigenvalue weighted by Crippen LogP contribution is 2.36. The highest BCUT2D eigenvalue weighted by Gasteiger charge is 2.35. The van der Waals surface area contributed by atoms with Crippen molar-refractivity contribution in [1.29, 1.82) is 0 Å². The molecule has 2 unspecified atom stereocenters. The molecule has 7 heteroatoms. The number of hydrogen-bond acceptors (Lipinski definition) is 5. The lowest BCUT2D eigenvalue weighted by Gasteiger charge is -2.33. The number of fused-ring (bicyclic) bond motifs is 1. The Bertz CT molecular complexity index is 1180. The molecule has 0 saturated carbocycles. The molecule has 3 aromatic rings. The molecule has 3 N–H and O–H groups in total. The SMILES string of the molecule is CCNCCC(C)(O)C(c1ccccc1)c1cc2cc(S(C)(=O)=O)ccc2[nH]c1=O. The van der Waals surface area contributed by atoms with Crippen LogP contribution in [0.25, 0.3) is 10.9 Å². The number of hydrogen-bond donors (Lipinski definition) is 3. The van der Waals surface area contributed by atoms with Gasteiger partial charge in [0.2, 0.25) is 0 Å². The number of aliphatic hydroxyl groups is 1. The highest BCUT2D eigenvalue weighted by molar-refractivity contribution is 7.90. The molecule has 6 nitrogen and oxygen atoms in total. The van der Waals surface area contributed by atoms with E-state index in [9.17, 15) is 18.3 Å². The number of H-pyrrole nitrogens is 1. The summed E-state index contributed by atoms with van der Waals surface area (Å²) in [4.78, 5) is 16.0. The fourth-order valence-electron chi connectivity index (χ4n) is 3.83. The van der Waals surface area contributed by atoms with E-state index in [4.69, 9.17) is 0 Å². The Kier molecular flexibility index (Phi) is 6.45. The van der Waals surface area contributed by atoms with Crippen LogP contribution in [-0.4, -0.2) is 43.5 Å². The van der Waals surface area contributed by atoms with E-state index >= 15 is 0 Å². The van der Waals surface area contributed by atoms with Gasteiger partial charge in [0.15, 0.2) is 9.84 Å². The summed E-state index contributed by atoms with van der Waals surface area (Å²) in [5.41, 5.74) is 0.282. The van der Waals surface area contributed by atoms with Crippen molar-refractivity contribution in [3.05, 3.63) is 76.1 Å². The third kappa shape index (κ3) is 4.80. The van der Waals surface area contributed by atoms with Gasteiger partial charge in [-0.1, -0.05) is 37.3 Å². The van der Waals surface area contributed by atoms with Gasteiger partial charge in [0.1, 0.15) is 0 Å². The molecule has 0 aliphatic heterocycles. The van der Waals surface area contributed by atoms with E-state index < -0.39 is 21.4 Å². The summed E-state index contributed by atoms with van der Waals surface area (Å²) in [6.07, 6.45) is 1.60. The van der Waals surface area contributed by atoms with Crippen LogP contribution in [0.2, 0.25) is 0 Å². The Hall–Kier alpha value is -2.48. The van der Waals surface area contributed by atoms with E-state index in [1.54, 1.807) is 25.1 Å². The second-order valence-corrected chi connectivity index (χ2v) is 9.90. The van der Waals surface area contributed by atoms with E-state index in [0.717, 1.165) is 18.4 Å². The van der Waals surface area contributed by atoms with Crippen molar-refractivity contribution in [2.45, 2.75) is 36.7 Å². The van der Waals surface area contributed by atoms with Crippen LogP contribution in [0.15, 0.2) is 64.3 Å². The fourth-order valence-corrected chi connectivity index (χ4v) is 4.48. The number of aromatic nitrogens is 1. The second kappa shape index (κ2) is 8.71. The first-order chi connectivity index (χ1) is 14.1. The Labute approximate surface area is 176 Å². The summed E-state index contributed by atoms with van der Waals surface area (Å²) in [7, 11) is -3.38. The minimum absolute atomic E-state index is 0.183. The zero-order valence-electron chi connectivity index (χ0n) is 17.5. The van der Waals surface area contributed by atoms with E-state index in [2.05, 4.69) is 10.3 Å². The van der Waals surface area contributed by atoms with Gasteiger partial charge in [0.05, 0.1) is 10.5 Å². The summed E-state index contributed by atoms with van der Waals surface area (Å²) >= 11 is 0. The van der Waals surface area contributed by atoms with Gasteiger partial charge in [-0.2, -0.15) is 0 Å². The third-order valence-corrected chi connectivity index (χ3v) is 6.51. The van der Waals surface area contributed by atoms with Gasteiger partial charge in [-0.05, 0) is 61.6 Å². The summed E-state index contributed by atoms with van der Waals surface area (Å²) in [6.45, 7) is 5.13. The third-order valence-electron chi connectivity index (χ3n) is 5.40. The molecule has 160 valence electrons. The second-order valence-electron chi connectivity index (χ2n) is 7.88. The van der Waals surface area contributed by atoms with E-state index in [0.29, 0.717) is 29.4 Å². The molecule has 0 radical (unpaired) electrons. The number of pyridine rings is 1.